The van der Waals surface area contributed by atoms with E-state index in [2.05, 4.69) is 15.6 Å². The van der Waals surface area contributed by atoms with E-state index < -0.39 is 11.7 Å². The van der Waals surface area contributed by atoms with Crippen molar-refractivity contribution in [1.82, 2.24) is 9.55 Å². The van der Waals surface area contributed by atoms with Gasteiger partial charge in [-0.1, -0.05) is 0 Å². The number of hydrogen-bond donors (Lipinski definition) is 2. The van der Waals surface area contributed by atoms with Crippen molar-refractivity contribution in [3.8, 4) is 0 Å². The van der Waals surface area contributed by atoms with Gasteiger partial charge in [-0.05, 0) is 29.6 Å². The number of hydrogen-bond acceptors (Lipinski definition) is 5. The van der Waals surface area contributed by atoms with Gasteiger partial charge in [-0.15, -0.1) is 11.3 Å². The highest BCUT2D eigenvalue weighted by Crippen LogP contribution is 2.20. The van der Waals surface area contributed by atoms with Gasteiger partial charge in [-0.2, -0.15) is 0 Å². The minimum Gasteiger partial charge on any atom is -0.326 e. The van der Waals surface area contributed by atoms with E-state index in [0.29, 0.717) is 15.9 Å². The summed E-state index contributed by atoms with van der Waals surface area (Å²) in [6.07, 6.45) is 1.37. The zero-order valence-corrected chi connectivity index (χ0v) is 14.6. The molecule has 2 aromatic heterocycles. The minimum absolute atomic E-state index is 0.0268. The maximum Gasteiger partial charge on any atom is 0.262 e. The van der Waals surface area contributed by atoms with E-state index in [1.165, 1.54) is 41.3 Å². The second-order valence-electron chi connectivity index (χ2n) is 5.56. The molecule has 9 heteroatoms. The molecule has 134 valence electrons. The van der Waals surface area contributed by atoms with Crippen LogP contribution in [0, 0.1) is 5.82 Å². The van der Waals surface area contributed by atoms with Crippen LogP contribution in [-0.4, -0.2) is 21.4 Å². The van der Waals surface area contributed by atoms with Gasteiger partial charge >= 0.3 is 0 Å². The summed E-state index contributed by atoms with van der Waals surface area (Å²) in [7, 11) is 0. The number of benzene rings is 1. The summed E-state index contributed by atoms with van der Waals surface area (Å²) in [5, 5.41) is 7.25. The predicted molar refractivity (Wildman–Crippen MR) is 97.8 cm³/mol. The standard InChI is InChI=1S/C17H15FN4O3S/c1-10(23)20-11-2-3-13(18)14(8-11)21-15(24)4-6-22-9-19-16-12(17(22)25)5-7-26-16/h2-3,5,7-9H,4,6H2,1H3,(H,20,23)(H,21,24). The molecule has 0 aliphatic heterocycles. The van der Waals surface area contributed by atoms with Crippen LogP contribution in [-0.2, 0) is 16.1 Å². The fraction of sp³-hybridized carbons (Fsp3) is 0.176. The topological polar surface area (TPSA) is 93.1 Å². The van der Waals surface area contributed by atoms with E-state index in [-0.39, 0.29) is 30.1 Å². The number of fused-ring (bicyclic) bond motifs is 1. The number of rotatable bonds is 5. The van der Waals surface area contributed by atoms with E-state index >= 15 is 0 Å². The number of nitrogens with one attached hydrogen (secondary N) is 2. The molecular weight excluding hydrogens is 359 g/mol. The Morgan fingerprint density at radius 2 is 2.08 bits per heavy atom. The molecule has 3 rings (SSSR count). The third-order valence-electron chi connectivity index (χ3n) is 3.59. The zero-order valence-electron chi connectivity index (χ0n) is 13.8. The number of carbonyl (C=O) groups excluding carboxylic acids is 2. The van der Waals surface area contributed by atoms with Crippen LogP contribution in [0.3, 0.4) is 0 Å². The highest BCUT2D eigenvalue weighted by atomic mass is 32.1. The summed E-state index contributed by atoms with van der Waals surface area (Å²) in [6.45, 7) is 1.45. The highest BCUT2D eigenvalue weighted by molar-refractivity contribution is 7.16. The van der Waals surface area contributed by atoms with Gasteiger partial charge in [0.25, 0.3) is 5.56 Å². The highest BCUT2D eigenvalue weighted by Gasteiger charge is 2.11. The summed E-state index contributed by atoms with van der Waals surface area (Å²) in [5.74, 6) is -1.38. The van der Waals surface area contributed by atoms with E-state index in [1.54, 1.807) is 11.4 Å². The summed E-state index contributed by atoms with van der Waals surface area (Å²) in [4.78, 5) is 40.2. The van der Waals surface area contributed by atoms with Crippen LogP contribution in [0.2, 0.25) is 0 Å². The summed E-state index contributed by atoms with van der Waals surface area (Å²) >= 11 is 1.37. The fourth-order valence-electron chi connectivity index (χ4n) is 2.39. The molecule has 3 aromatic rings. The van der Waals surface area contributed by atoms with Crippen LogP contribution in [0.5, 0.6) is 0 Å². The second-order valence-corrected chi connectivity index (χ2v) is 6.45. The van der Waals surface area contributed by atoms with Crippen molar-refractivity contribution in [2.75, 3.05) is 10.6 Å². The van der Waals surface area contributed by atoms with Gasteiger partial charge in [-0.3, -0.25) is 19.0 Å². The molecule has 7 nitrogen and oxygen atoms in total. The number of amides is 2. The molecule has 0 spiro atoms. The van der Waals surface area contributed by atoms with E-state index in [4.69, 9.17) is 0 Å². The molecule has 2 N–H and O–H groups in total. The maximum absolute atomic E-state index is 13.8. The third-order valence-corrected chi connectivity index (χ3v) is 4.41. The number of aryl methyl sites for hydroxylation is 1. The zero-order chi connectivity index (χ0) is 18.7. The van der Waals surface area contributed by atoms with Crippen molar-refractivity contribution in [1.29, 1.82) is 0 Å². The van der Waals surface area contributed by atoms with Crippen LogP contribution < -0.4 is 16.2 Å². The van der Waals surface area contributed by atoms with Crippen molar-refractivity contribution in [3.63, 3.8) is 0 Å². The number of thiophene rings is 1. The smallest absolute Gasteiger partial charge is 0.262 e. The maximum atomic E-state index is 13.8. The quantitative estimate of drug-likeness (QED) is 0.718. The van der Waals surface area contributed by atoms with E-state index in [9.17, 15) is 18.8 Å². The van der Waals surface area contributed by atoms with Crippen molar-refractivity contribution >= 4 is 44.7 Å². The SMILES string of the molecule is CC(=O)Nc1ccc(F)c(NC(=O)CCn2cnc3sccc3c2=O)c1. The van der Waals surface area contributed by atoms with Crippen molar-refractivity contribution in [2.45, 2.75) is 19.9 Å². The average molecular weight is 374 g/mol. The monoisotopic (exact) mass is 374 g/mol. The van der Waals surface area contributed by atoms with Crippen LogP contribution in [0.15, 0.2) is 40.8 Å². The van der Waals surface area contributed by atoms with Crippen LogP contribution in [0.4, 0.5) is 15.8 Å². The van der Waals surface area contributed by atoms with Crippen molar-refractivity contribution < 1.29 is 14.0 Å². The summed E-state index contributed by atoms with van der Waals surface area (Å²) < 4.78 is 15.2. The summed E-state index contributed by atoms with van der Waals surface area (Å²) in [5.41, 5.74) is 0.112. The predicted octanol–water partition coefficient (Wildman–Crippen LogP) is 2.58. The molecule has 0 unspecified atom stereocenters. The van der Waals surface area contributed by atoms with Gasteiger partial charge in [-0.25, -0.2) is 9.37 Å². The second kappa shape index (κ2) is 7.44. The first kappa shape index (κ1) is 17.7. The van der Waals surface area contributed by atoms with Gasteiger partial charge < -0.3 is 10.6 Å². The minimum atomic E-state index is -0.619. The molecule has 0 fully saturated rings. The Balaban J connectivity index is 1.68. The molecule has 0 bridgehead atoms. The lowest BCUT2D eigenvalue weighted by molar-refractivity contribution is -0.116. The van der Waals surface area contributed by atoms with Gasteiger partial charge in [0.05, 0.1) is 17.4 Å². The van der Waals surface area contributed by atoms with Crippen molar-refractivity contribution in [2.24, 2.45) is 0 Å². The van der Waals surface area contributed by atoms with Gasteiger partial charge in [0.15, 0.2) is 0 Å². The molecule has 0 aliphatic rings. The Bertz CT molecular complexity index is 1040. The van der Waals surface area contributed by atoms with Crippen molar-refractivity contribution in [3.05, 3.63) is 52.1 Å². The number of aromatic nitrogens is 2. The van der Waals surface area contributed by atoms with Crippen LogP contribution in [0.1, 0.15) is 13.3 Å². The molecule has 2 amide bonds. The summed E-state index contributed by atoms with van der Waals surface area (Å²) in [6, 6.07) is 5.57. The first-order valence-corrected chi connectivity index (χ1v) is 8.61. The van der Waals surface area contributed by atoms with Gasteiger partial charge in [0, 0.05) is 25.6 Å². The van der Waals surface area contributed by atoms with Gasteiger partial charge in [0.1, 0.15) is 10.6 Å². The Morgan fingerprint density at radius 1 is 1.27 bits per heavy atom. The Morgan fingerprint density at radius 3 is 2.85 bits per heavy atom. The molecule has 0 saturated carbocycles. The van der Waals surface area contributed by atoms with E-state index in [1.807, 2.05) is 0 Å². The number of anilines is 2. The lowest BCUT2D eigenvalue weighted by Crippen LogP contribution is -2.23. The largest absolute Gasteiger partial charge is 0.326 e. The lowest BCUT2D eigenvalue weighted by Gasteiger charge is -2.10. The van der Waals surface area contributed by atoms with E-state index in [0.717, 1.165) is 6.07 Å². The molecule has 0 radical (unpaired) electrons. The Kier molecular flexibility index (Phi) is 5.08. The number of halogens is 1. The molecule has 1 aromatic carbocycles. The third kappa shape index (κ3) is 3.94. The average Bonchev–Trinajstić information content (AvgIpc) is 3.06. The molecular formula is C17H15FN4O3S. The fourth-order valence-corrected chi connectivity index (χ4v) is 3.11. The van der Waals surface area contributed by atoms with Crippen LogP contribution >= 0.6 is 11.3 Å². The first-order chi connectivity index (χ1) is 12.4. The lowest BCUT2D eigenvalue weighted by atomic mass is 10.2. The first-order valence-electron chi connectivity index (χ1n) is 7.73. The van der Waals surface area contributed by atoms with Gasteiger partial charge in [0.2, 0.25) is 11.8 Å². The number of carbonyl (C=O) groups is 2. The number of nitrogens with zero attached hydrogens (tertiary/aromatic N) is 2. The Hall–Kier alpha value is -3.07. The molecule has 26 heavy (non-hydrogen) atoms. The molecule has 0 aliphatic carbocycles. The molecule has 0 saturated heterocycles. The normalized spacial score (nSPS) is 10.7. The molecule has 2 heterocycles. The molecule has 0 atom stereocenters. The Labute approximate surface area is 151 Å². The van der Waals surface area contributed by atoms with Crippen LogP contribution in [0.25, 0.3) is 10.2 Å².